The van der Waals surface area contributed by atoms with Crippen LogP contribution in [0.2, 0.25) is 0 Å². The minimum atomic E-state index is 1.08. The molecule has 0 heterocycles. The Kier molecular flexibility index (Phi) is 12.5. The maximum absolute atomic E-state index is 2.44. The number of benzene rings is 5. The van der Waals surface area contributed by atoms with E-state index in [9.17, 15) is 0 Å². The van der Waals surface area contributed by atoms with Crippen molar-refractivity contribution in [2.75, 3.05) is 0 Å². The van der Waals surface area contributed by atoms with Crippen LogP contribution in [-0.4, -0.2) is 0 Å². The first kappa shape index (κ1) is 32.0. The first-order valence-electron chi connectivity index (χ1n) is 17.8. The summed E-state index contributed by atoms with van der Waals surface area (Å²) >= 11 is 0. The van der Waals surface area contributed by atoms with Gasteiger partial charge >= 0.3 is 0 Å². The van der Waals surface area contributed by atoms with Crippen LogP contribution in [0.15, 0.2) is 97.1 Å². The van der Waals surface area contributed by atoms with E-state index in [1.807, 2.05) is 0 Å². The zero-order valence-corrected chi connectivity index (χ0v) is 27.6. The number of aryl methyl sites for hydroxylation is 6. The van der Waals surface area contributed by atoms with Crippen LogP contribution in [0.4, 0.5) is 0 Å². The molecule has 44 heavy (non-hydrogen) atoms. The Morgan fingerprint density at radius 3 is 1.43 bits per heavy atom. The van der Waals surface area contributed by atoms with Crippen molar-refractivity contribution in [3.05, 3.63) is 130 Å². The minimum absolute atomic E-state index is 1.08. The van der Waals surface area contributed by atoms with Crippen molar-refractivity contribution < 1.29 is 0 Å². The first-order chi connectivity index (χ1) is 21.7. The molecule has 0 amide bonds. The molecule has 0 atom stereocenters. The van der Waals surface area contributed by atoms with Gasteiger partial charge in [0.15, 0.2) is 0 Å². The van der Waals surface area contributed by atoms with Crippen LogP contribution in [0.3, 0.4) is 0 Å². The third kappa shape index (κ3) is 9.56. The second-order valence-corrected chi connectivity index (χ2v) is 13.1. The SMILES string of the molecule is CCCCCCCc1ccc(CCc2ccc3cc4cccc(CCc5ccc(CCCCCCC)cc5)c4cc3c2)cc1. The molecule has 0 unspecified atom stereocenters. The van der Waals surface area contributed by atoms with Crippen LogP contribution in [0, 0.1) is 0 Å². The third-order valence-corrected chi connectivity index (χ3v) is 9.56. The zero-order valence-electron chi connectivity index (χ0n) is 27.6. The summed E-state index contributed by atoms with van der Waals surface area (Å²) in [6, 6.07) is 37.6. The highest BCUT2D eigenvalue weighted by Gasteiger charge is 2.06. The molecule has 0 aliphatic heterocycles. The van der Waals surface area contributed by atoms with Gasteiger partial charge in [-0.25, -0.2) is 0 Å². The number of hydrogen-bond donors (Lipinski definition) is 0. The van der Waals surface area contributed by atoms with Gasteiger partial charge in [0.2, 0.25) is 0 Å². The summed E-state index contributed by atoms with van der Waals surface area (Å²) in [4.78, 5) is 0. The molecule has 0 aromatic heterocycles. The Bertz CT molecular complexity index is 1550. The van der Waals surface area contributed by atoms with Gasteiger partial charge in [-0.05, 0) is 118 Å². The molecule has 230 valence electrons. The largest absolute Gasteiger partial charge is 0.0654 e. The fourth-order valence-corrected chi connectivity index (χ4v) is 6.69. The Hall–Kier alpha value is -3.38. The summed E-state index contributed by atoms with van der Waals surface area (Å²) in [7, 11) is 0. The van der Waals surface area contributed by atoms with Crippen LogP contribution >= 0.6 is 0 Å². The molecule has 0 aliphatic rings. The molecular formula is C44H54. The van der Waals surface area contributed by atoms with E-state index in [0.717, 1.165) is 25.7 Å². The fourth-order valence-electron chi connectivity index (χ4n) is 6.69. The van der Waals surface area contributed by atoms with E-state index in [2.05, 4.69) is 111 Å². The normalized spacial score (nSPS) is 11.5. The highest BCUT2D eigenvalue weighted by atomic mass is 14.1. The molecule has 0 radical (unpaired) electrons. The van der Waals surface area contributed by atoms with E-state index in [4.69, 9.17) is 0 Å². The lowest BCUT2D eigenvalue weighted by Gasteiger charge is -2.11. The van der Waals surface area contributed by atoms with E-state index >= 15 is 0 Å². The van der Waals surface area contributed by atoms with E-state index < -0.39 is 0 Å². The standard InChI is InChI=1S/C44H54/c1-3-5-7-9-11-14-35-18-22-37(23-19-35)26-27-39-29-31-41-33-42-17-13-16-40(44(42)34-43(41)32-39)30-28-38-24-20-36(21-25-38)15-12-10-8-6-4-2/h13,16-25,29,31-34H,3-12,14-15,26-28,30H2,1-2H3. The molecular weight excluding hydrogens is 528 g/mol. The Morgan fingerprint density at radius 2 is 0.841 bits per heavy atom. The Labute approximate surface area is 267 Å². The third-order valence-electron chi connectivity index (χ3n) is 9.56. The van der Waals surface area contributed by atoms with Crippen LogP contribution in [0.5, 0.6) is 0 Å². The predicted octanol–water partition coefficient (Wildman–Crippen LogP) is 12.6. The molecule has 0 fully saturated rings. The molecule has 0 N–H and O–H groups in total. The predicted molar refractivity (Wildman–Crippen MR) is 194 cm³/mol. The molecule has 5 rings (SSSR count). The van der Waals surface area contributed by atoms with Crippen molar-refractivity contribution in [1.82, 2.24) is 0 Å². The number of hydrogen-bond acceptors (Lipinski definition) is 0. The van der Waals surface area contributed by atoms with Crippen molar-refractivity contribution in [2.24, 2.45) is 0 Å². The maximum atomic E-state index is 2.44. The molecule has 0 saturated heterocycles. The molecule has 0 heteroatoms. The van der Waals surface area contributed by atoms with Gasteiger partial charge in [-0.1, -0.05) is 150 Å². The van der Waals surface area contributed by atoms with Gasteiger partial charge in [0.05, 0.1) is 0 Å². The fraction of sp³-hybridized carbons (Fsp3) is 0.409. The zero-order chi connectivity index (χ0) is 30.4. The quantitative estimate of drug-likeness (QED) is 0.0712. The van der Waals surface area contributed by atoms with Crippen LogP contribution in [-0.2, 0) is 38.5 Å². The van der Waals surface area contributed by atoms with E-state index in [0.29, 0.717) is 0 Å². The lowest BCUT2D eigenvalue weighted by atomic mass is 9.94. The lowest BCUT2D eigenvalue weighted by molar-refractivity contribution is 0.632. The van der Waals surface area contributed by atoms with Gasteiger partial charge in [-0.3, -0.25) is 0 Å². The van der Waals surface area contributed by atoms with E-state index in [1.165, 1.54) is 132 Å². The lowest BCUT2D eigenvalue weighted by Crippen LogP contribution is -1.95. The van der Waals surface area contributed by atoms with Gasteiger partial charge in [-0.15, -0.1) is 0 Å². The topological polar surface area (TPSA) is 0 Å². The number of unbranched alkanes of at least 4 members (excludes halogenated alkanes) is 8. The van der Waals surface area contributed by atoms with Gasteiger partial charge in [-0.2, -0.15) is 0 Å². The second-order valence-electron chi connectivity index (χ2n) is 13.1. The van der Waals surface area contributed by atoms with Crippen molar-refractivity contribution in [1.29, 1.82) is 0 Å². The molecule has 0 spiro atoms. The Morgan fingerprint density at radius 1 is 0.341 bits per heavy atom. The summed E-state index contributed by atoms with van der Waals surface area (Å²) in [6.07, 6.45) is 20.3. The van der Waals surface area contributed by atoms with Gasteiger partial charge < -0.3 is 0 Å². The second kappa shape index (κ2) is 17.2. The van der Waals surface area contributed by atoms with E-state index in [-0.39, 0.29) is 0 Å². The smallest absolute Gasteiger partial charge is 0.0145 e. The highest BCUT2D eigenvalue weighted by Crippen LogP contribution is 2.28. The van der Waals surface area contributed by atoms with Gasteiger partial charge in [0.25, 0.3) is 0 Å². The molecule has 5 aromatic carbocycles. The maximum Gasteiger partial charge on any atom is -0.0145 e. The van der Waals surface area contributed by atoms with Gasteiger partial charge in [0, 0.05) is 0 Å². The van der Waals surface area contributed by atoms with Crippen LogP contribution in [0.25, 0.3) is 21.5 Å². The van der Waals surface area contributed by atoms with Crippen molar-refractivity contribution in [3.63, 3.8) is 0 Å². The minimum Gasteiger partial charge on any atom is -0.0654 e. The molecule has 0 saturated carbocycles. The molecule has 0 bridgehead atoms. The van der Waals surface area contributed by atoms with Crippen LogP contribution in [0.1, 0.15) is 111 Å². The molecule has 5 aromatic rings. The summed E-state index contributed by atoms with van der Waals surface area (Å²) in [5, 5.41) is 5.47. The first-order valence-corrected chi connectivity index (χ1v) is 17.8. The monoisotopic (exact) mass is 582 g/mol. The molecule has 0 aliphatic carbocycles. The van der Waals surface area contributed by atoms with Crippen molar-refractivity contribution in [3.8, 4) is 0 Å². The summed E-state index contributed by atoms with van der Waals surface area (Å²) in [5.74, 6) is 0. The van der Waals surface area contributed by atoms with Crippen molar-refractivity contribution >= 4 is 21.5 Å². The average molecular weight is 583 g/mol. The average Bonchev–Trinajstić information content (AvgIpc) is 3.06. The van der Waals surface area contributed by atoms with E-state index in [1.54, 1.807) is 0 Å². The summed E-state index contributed by atoms with van der Waals surface area (Å²) < 4.78 is 0. The highest BCUT2D eigenvalue weighted by molar-refractivity contribution is 5.99. The number of fused-ring (bicyclic) bond motifs is 2. The molecule has 0 nitrogen and oxygen atoms in total. The van der Waals surface area contributed by atoms with Gasteiger partial charge in [0.1, 0.15) is 0 Å². The van der Waals surface area contributed by atoms with Crippen molar-refractivity contribution in [2.45, 2.75) is 117 Å². The Balaban J connectivity index is 1.18. The summed E-state index contributed by atoms with van der Waals surface area (Å²) in [6.45, 7) is 4.57. The van der Waals surface area contributed by atoms with Crippen LogP contribution < -0.4 is 0 Å². The summed E-state index contributed by atoms with van der Waals surface area (Å²) in [5.41, 5.74) is 8.76. The number of rotatable bonds is 18.